The first-order chi connectivity index (χ1) is 12.6. The van der Waals surface area contributed by atoms with Crippen LogP contribution >= 0.6 is 0 Å². The molecule has 0 atom stereocenters. The van der Waals surface area contributed by atoms with E-state index in [0.29, 0.717) is 18.5 Å². The van der Waals surface area contributed by atoms with Crippen molar-refractivity contribution in [1.29, 1.82) is 0 Å². The van der Waals surface area contributed by atoms with Crippen LogP contribution in [0.2, 0.25) is 0 Å². The summed E-state index contributed by atoms with van der Waals surface area (Å²) in [6.45, 7) is 2.36. The van der Waals surface area contributed by atoms with Gasteiger partial charge in [-0.25, -0.2) is 0 Å². The van der Waals surface area contributed by atoms with E-state index in [4.69, 9.17) is 4.74 Å². The summed E-state index contributed by atoms with van der Waals surface area (Å²) in [5.41, 5.74) is 3.28. The lowest BCUT2D eigenvalue weighted by atomic mass is 10.1. The highest BCUT2D eigenvalue weighted by Crippen LogP contribution is 2.17. The van der Waals surface area contributed by atoms with Crippen LogP contribution < -0.4 is 15.6 Å². The Kier molecular flexibility index (Phi) is 5.37. The van der Waals surface area contributed by atoms with Crippen LogP contribution in [0.3, 0.4) is 0 Å². The molecular formula is C21H22N2O3. The van der Waals surface area contributed by atoms with E-state index in [2.05, 4.69) is 10.3 Å². The normalized spacial score (nSPS) is 10.7. The number of ether oxygens (including phenoxy) is 1. The third-order valence-corrected chi connectivity index (χ3v) is 4.45. The zero-order valence-corrected chi connectivity index (χ0v) is 15.0. The number of benzene rings is 2. The first-order valence-electron chi connectivity index (χ1n) is 8.58. The molecule has 2 N–H and O–H groups in total. The highest BCUT2D eigenvalue weighted by molar-refractivity contribution is 5.82. The van der Waals surface area contributed by atoms with Gasteiger partial charge in [0.15, 0.2) is 0 Å². The van der Waals surface area contributed by atoms with Crippen molar-refractivity contribution in [3.05, 3.63) is 75.6 Å². The van der Waals surface area contributed by atoms with E-state index in [1.165, 1.54) is 0 Å². The fourth-order valence-electron chi connectivity index (χ4n) is 2.99. The fraction of sp³-hybridized carbons (Fsp3) is 0.238. The average Bonchev–Trinajstić information content (AvgIpc) is 2.65. The Morgan fingerprint density at radius 3 is 2.73 bits per heavy atom. The summed E-state index contributed by atoms with van der Waals surface area (Å²) in [6, 6.07) is 15.3. The Labute approximate surface area is 152 Å². The van der Waals surface area contributed by atoms with Crippen LogP contribution in [-0.2, 0) is 17.8 Å². The summed E-state index contributed by atoms with van der Waals surface area (Å²) in [6.07, 6.45) is 0.659. The number of aromatic nitrogens is 1. The number of nitrogens with one attached hydrogen (secondary N) is 2. The number of fused-ring (bicyclic) bond motifs is 1. The van der Waals surface area contributed by atoms with Crippen LogP contribution in [0.25, 0.3) is 10.9 Å². The Morgan fingerprint density at radius 2 is 1.92 bits per heavy atom. The number of carbonyl (C=O) groups is 1. The second kappa shape index (κ2) is 7.87. The van der Waals surface area contributed by atoms with E-state index in [9.17, 15) is 9.59 Å². The van der Waals surface area contributed by atoms with Crippen molar-refractivity contribution in [2.45, 2.75) is 26.3 Å². The maximum absolute atomic E-state index is 12.3. The number of aryl methyl sites for hydroxylation is 2. The Hall–Kier alpha value is -3.08. The van der Waals surface area contributed by atoms with Crippen molar-refractivity contribution in [3.8, 4) is 5.75 Å². The average molecular weight is 350 g/mol. The molecule has 0 spiro atoms. The summed E-state index contributed by atoms with van der Waals surface area (Å²) in [5.74, 6) is 0.647. The number of amides is 1. The number of para-hydroxylation sites is 2. The van der Waals surface area contributed by atoms with Gasteiger partial charge in [0, 0.05) is 24.1 Å². The number of H-pyrrole nitrogens is 1. The maximum atomic E-state index is 12.3. The second-order valence-electron chi connectivity index (χ2n) is 6.25. The van der Waals surface area contributed by atoms with Gasteiger partial charge in [0.05, 0.1) is 12.6 Å². The number of hydrogen-bond donors (Lipinski definition) is 2. The van der Waals surface area contributed by atoms with E-state index in [1.54, 1.807) is 7.11 Å². The van der Waals surface area contributed by atoms with Gasteiger partial charge in [0.2, 0.25) is 5.91 Å². The molecule has 0 aliphatic carbocycles. The van der Waals surface area contributed by atoms with Crippen LogP contribution in [0.5, 0.6) is 5.75 Å². The molecule has 0 unspecified atom stereocenters. The smallest absolute Gasteiger partial charge is 0.251 e. The molecule has 1 amide bonds. The molecule has 134 valence electrons. The number of pyridine rings is 1. The molecule has 1 aromatic heterocycles. The summed E-state index contributed by atoms with van der Waals surface area (Å²) in [5, 5.41) is 3.86. The molecule has 0 saturated carbocycles. The minimum absolute atomic E-state index is 0.0976. The second-order valence-corrected chi connectivity index (χ2v) is 6.25. The number of hydrogen-bond acceptors (Lipinski definition) is 3. The lowest BCUT2D eigenvalue weighted by Crippen LogP contribution is -2.24. The van der Waals surface area contributed by atoms with E-state index in [-0.39, 0.29) is 17.9 Å². The van der Waals surface area contributed by atoms with Gasteiger partial charge >= 0.3 is 0 Å². The number of methoxy groups -OCH3 is 1. The van der Waals surface area contributed by atoms with Crippen molar-refractivity contribution in [2.75, 3.05) is 7.11 Å². The van der Waals surface area contributed by atoms with Gasteiger partial charge < -0.3 is 15.0 Å². The molecule has 0 saturated heterocycles. The largest absolute Gasteiger partial charge is 0.496 e. The zero-order valence-electron chi connectivity index (χ0n) is 15.0. The van der Waals surface area contributed by atoms with E-state index < -0.39 is 0 Å². The van der Waals surface area contributed by atoms with Crippen LogP contribution in [0.1, 0.15) is 23.1 Å². The molecule has 5 heteroatoms. The number of aromatic amines is 1. The van der Waals surface area contributed by atoms with E-state index >= 15 is 0 Å². The minimum atomic E-state index is -0.135. The lowest BCUT2D eigenvalue weighted by molar-refractivity contribution is -0.121. The molecule has 26 heavy (non-hydrogen) atoms. The Bertz CT molecular complexity index is 992. The predicted octanol–water partition coefficient (Wildman–Crippen LogP) is 3.09. The standard InChI is InChI=1S/C21H22N2O3/c1-14-6-5-8-15-12-16(21(25)23-20(14)15)10-11-19(24)22-13-17-7-3-4-9-18(17)26-2/h3-9,12H,10-11,13H2,1-2H3,(H,22,24)(H,23,25). The van der Waals surface area contributed by atoms with Gasteiger partial charge in [-0.1, -0.05) is 36.4 Å². The Balaban J connectivity index is 1.63. The Morgan fingerprint density at radius 1 is 1.12 bits per heavy atom. The first-order valence-corrected chi connectivity index (χ1v) is 8.58. The van der Waals surface area contributed by atoms with Crippen molar-refractivity contribution >= 4 is 16.8 Å². The minimum Gasteiger partial charge on any atom is -0.496 e. The summed E-state index contributed by atoms with van der Waals surface area (Å²) in [4.78, 5) is 27.3. The molecule has 3 rings (SSSR count). The number of carbonyl (C=O) groups excluding carboxylic acids is 1. The molecule has 0 aliphatic heterocycles. The molecule has 5 nitrogen and oxygen atoms in total. The fourth-order valence-corrected chi connectivity index (χ4v) is 2.99. The summed E-state index contributed by atoms with van der Waals surface area (Å²) < 4.78 is 5.28. The third kappa shape index (κ3) is 3.94. The van der Waals surface area contributed by atoms with Crippen LogP contribution in [0.4, 0.5) is 0 Å². The van der Waals surface area contributed by atoms with Crippen molar-refractivity contribution in [2.24, 2.45) is 0 Å². The van der Waals surface area contributed by atoms with Crippen LogP contribution in [-0.4, -0.2) is 18.0 Å². The van der Waals surface area contributed by atoms with Gasteiger partial charge in [0.1, 0.15) is 5.75 Å². The molecule has 0 aliphatic rings. The molecule has 2 aromatic carbocycles. The van der Waals surface area contributed by atoms with Crippen LogP contribution in [0, 0.1) is 6.92 Å². The van der Waals surface area contributed by atoms with Crippen LogP contribution in [0.15, 0.2) is 53.3 Å². The monoisotopic (exact) mass is 350 g/mol. The zero-order chi connectivity index (χ0) is 18.5. The molecule has 0 fully saturated rings. The molecule has 0 bridgehead atoms. The molecule has 3 aromatic rings. The SMILES string of the molecule is COc1ccccc1CNC(=O)CCc1cc2cccc(C)c2[nH]c1=O. The highest BCUT2D eigenvalue weighted by atomic mass is 16.5. The van der Waals surface area contributed by atoms with Gasteiger partial charge in [-0.2, -0.15) is 0 Å². The third-order valence-electron chi connectivity index (χ3n) is 4.45. The summed E-state index contributed by atoms with van der Waals surface area (Å²) >= 11 is 0. The van der Waals surface area contributed by atoms with E-state index in [1.807, 2.05) is 55.5 Å². The molecular weight excluding hydrogens is 328 g/mol. The maximum Gasteiger partial charge on any atom is 0.251 e. The molecule has 0 radical (unpaired) electrons. The first kappa shape index (κ1) is 17.7. The van der Waals surface area contributed by atoms with E-state index in [0.717, 1.165) is 27.8 Å². The van der Waals surface area contributed by atoms with Gasteiger partial charge in [-0.05, 0) is 36.4 Å². The van der Waals surface area contributed by atoms with Gasteiger partial charge in [0.25, 0.3) is 5.56 Å². The van der Waals surface area contributed by atoms with Crippen molar-refractivity contribution < 1.29 is 9.53 Å². The summed E-state index contributed by atoms with van der Waals surface area (Å²) in [7, 11) is 1.61. The van der Waals surface area contributed by atoms with Crippen molar-refractivity contribution in [3.63, 3.8) is 0 Å². The van der Waals surface area contributed by atoms with Gasteiger partial charge in [-0.3, -0.25) is 9.59 Å². The molecule has 1 heterocycles. The quantitative estimate of drug-likeness (QED) is 0.718. The predicted molar refractivity (Wildman–Crippen MR) is 102 cm³/mol. The van der Waals surface area contributed by atoms with Gasteiger partial charge in [-0.15, -0.1) is 0 Å². The highest BCUT2D eigenvalue weighted by Gasteiger charge is 2.09. The lowest BCUT2D eigenvalue weighted by Gasteiger charge is -2.10. The van der Waals surface area contributed by atoms with Crippen molar-refractivity contribution in [1.82, 2.24) is 10.3 Å². The number of rotatable bonds is 6. The topological polar surface area (TPSA) is 71.2 Å².